The summed E-state index contributed by atoms with van der Waals surface area (Å²) in [6.07, 6.45) is 0. The number of amides is 2. The topological polar surface area (TPSA) is 59.4 Å². The Morgan fingerprint density at radius 1 is 1.48 bits per heavy atom. The van der Waals surface area contributed by atoms with E-state index in [4.69, 9.17) is 4.74 Å². The molecule has 1 fully saturated rings. The van der Waals surface area contributed by atoms with E-state index in [0.717, 1.165) is 10.6 Å². The van der Waals surface area contributed by atoms with Gasteiger partial charge in [-0.3, -0.25) is 4.68 Å². The Morgan fingerprint density at radius 2 is 2.19 bits per heavy atom. The highest BCUT2D eigenvalue weighted by Crippen LogP contribution is 2.22. The van der Waals surface area contributed by atoms with Crippen molar-refractivity contribution in [2.75, 3.05) is 31.6 Å². The number of nitrogens with one attached hydrogen (secondary N) is 1. The largest absolute Gasteiger partial charge is 0.373 e. The summed E-state index contributed by atoms with van der Waals surface area (Å²) in [5.41, 5.74) is 2.05. The first-order chi connectivity index (χ1) is 9.84. The minimum Gasteiger partial charge on any atom is -0.373 e. The second-order valence-corrected chi connectivity index (χ2v) is 5.12. The van der Waals surface area contributed by atoms with Crippen LogP contribution in [0.1, 0.15) is 18.3 Å². The van der Waals surface area contributed by atoms with Gasteiger partial charge in [-0.25, -0.2) is 13.6 Å². The van der Waals surface area contributed by atoms with Gasteiger partial charge in [-0.05, 0) is 20.8 Å². The second-order valence-electron chi connectivity index (χ2n) is 5.12. The molecule has 2 rings (SSSR count). The Balaban J connectivity index is 2.12. The number of hydrogen-bond acceptors (Lipinski definition) is 3. The van der Waals surface area contributed by atoms with Crippen LogP contribution in [0.2, 0.25) is 0 Å². The molecule has 1 aromatic rings. The molecule has 1 aromatic heterocycles. The molecule has 118 valence electrons. The van der Waals surface area contributed by atoms with Gasteiger partial charge in [0.05, 0.1) is 30.2 Å². The number of anilines is 1. The fraction of sp³-hybridized carbons (Fsp3) is 0.692. The van der Waals surface area contributed by atoms with E-state index in [0.29, 0.717) is 17.9 Å². The van der Waals surface area contributed by atoms with E-state index in [-0.39, 0.29) is 13.2 Å². The molecular weight excluding hydrogens is 282 g/mol. The summed E-state index contributed by atoms with van der Waals surface area (Å²) in [6.45, 7) is 5.18. The Morgan fingerprint density at radius 3 is 2.81 bits per heavy atom. The van der Waals surface area contributed by atoms with E-state index in [9.17, 15) is 13.6 Å². The number of aromatic nitrogens is 2. The summed E-state index contributed by atoms with van der Waals surface area (Å²) in [4.78, 5) is 13.3. The fourth-order valence-corrected chi connectivity index (χ4v) is 2.35. The van der Waals surface area contributed by atoms with Crippen LogP contribution < -0.4 is 5.32 Å². The van der Waals surface area contributed by atoms with Crippen LogP contribution in [0, 0.1) is 13.8 Å². The van der Waals surface area contributed by atoms with E-state index >= 15 is 0 Å². The molecule has 0 aliphatic carbocycles. The summed E-state index contributed by atoms with van der Waals surface area (Å²) in [5, 5.41) is 6.97. The Bertz CT molecular complexity index is 530. The molecule has 2 amide bonds. The van der Waals surface area contributed by atoms with Gasteiger partial charge < -0.3 is 15.0 Å². The van der Waals surface area contributed by atoms with Gasteiger partial charge in [0.2, 0.25) is 0 Å². The number of nitrogens with zero attached hydrogens (tertiary/aromatic N) is 3. The molecule has 1 aliphatic rings. The molecule has 8 heteroatoms. The third-order valence-corrected chi connectivity index (χ3v) is 3.44. The van der Waals surface area contributed by atoms with Crippen LogP contribution in [-0.2, 0) is 11.3 Å². The van der Waals surface area contributed by atoms with Crippen LogP contribution in [0.5, 0.6) is 0 Å². The highest BCUT2D eigenvalue weighted by molar-refractivity contribution is 5.90. The number of urea groups is 1. The molecule has 1 aliphatic heterocycles. The predicted molar refractivity (Wildman–Crippen MR) is 73.7 cm³/mol. The third-order valence-electron chi connectivity index (χ3n) is 3.44. The minimum atomic E-state index is -3.02. The molecule has 0 unspecified atom stereocenters. The number of ether oxygens (including phenoxy) is 1. The van der Waals surface area contributed by atoms with Crippen LogP contribution in [-0.4, -0.2) is 52.9 Å². The molecule has 6 nitrogen and oxygen atoms in total. The number of rotatable bonds is 2. The molecule has 1 saturated heterocycles. The van der Waals surface area contributed by atoms with Crippen LogP contribution in [0.15, 0.2) is 0 Å². The molecular formula is C13H20F2N4O2. The fourth-order valence-electron chi connectivity index (χ4n) is 2.35. The summed E-state index contributed by atoms with van der Waals surface area (Å²) in [6, 6.07) is -0.554. The smallest absolute Gasteiger partial charge is 0.322 e. The molecule has 0 spiro atoms. The normalized spacial score (nSPS) is 18.4. The number of carbonyl (C=O) groups is 1. The predicted octanol–water partition coefficient (Wildman–Crippen LogP) is 2.02. The Hall–Kier alpha value is -1.70. The van der Waals surface area contributed by atoms with Crippen molar-refractivity contribution >= 4 is 11.7 Å². The molecule has 0 radical (unpaired) electrons. The van der Waals surface area contributed by atoms with Gasteiger partial charge >= 0.3 is 6.03 Å². The average Bonchev–Trinajstić information content (AvgIpc) is 2.59. The van der Waals surface area contributed by atoms with E-state index < -0.39 is 25.1 Å². The van der Waals surface area contributed by atoms with Crippen molar-refractivity contribution in [2.45, 2.75) is 33.2 Å². The highest BCUT2D eigenvalue weighted by Gasteiger charge is 2.36. The molecule has 0 aromatic carbocycles. The van der Waals surface area contributed by atoms with Crippen LogP contribution in [0.25, 0.3) is 0 Å². The zero-order valence-electron chi connectivity index (χ0n) is 12.4. The van der Waals surface area contributed by atoms with Gasteiger partial charge in [-0.2, -0.15) is 5.10 Å². The Labute approximate surface area is 122 Å². The number of aryl methyl sites for hydroxylation is 2. The standard InChI is InChI=1S/C13H20F2N4O2/c1-4-19-10(3)11(9(2)17-19)16-12(20)18-5-6-21-8-13(14,15)7-18/h4-8H2,1-3H3,(H,16,20). The number of alkyl halides is 2. The molecule has 0 bridgehead atoms. The maximum absolute atomic E-state index is 13.5. The van der Waals surface area contributed by atoms with Crippen molar-refractivity contribution in [1.29, 1.82) is 0 Å². The maximum Gasteiger partial charge on any atom is 0.322 e. The number of halogens is 2. The van der Waals surface area contributed by atoms with E-state index in [2.05, 4.69) is 10.4 Å². The van der Waals surface area contributed by atoms with Crippen LogP contribution >= 0.6 is 0 Å². The van der Waals surface area contributed by atoms with E-state index in [1.54, 1.807) is 11.6 Å². The second kappa shape index (κ2) is 5.97. The van der Waals surface area contributed by atoms with Gasteiger partial charge in [0, 0.05) is 13.1 Å². The van der Waals surface area contributed by atoms with Crippen molar-refractivity contribution < 1.29 is 18.3 Å². The zero-order chi connectivity index (χ0) is 15.6. The molecule has 0 saturated carbocycles. The van der Waals surface area contributed by atoms with Crippen LogP contribution in [0.4, 0.5) is 19.3 Å². The van der Waals surface area contributed by atoms with Crippen molar-refractivity contribution in [3.63, 3.8) is 0 Å². The van der Waals surface area contributed by atoms with Gasteiger partial charge in [-0.1, -0.05) is 0 Å². The van der Waals surface area contributed by atoms with E-state index in [1.807, 2.05) is 13.8 Å². The Kier molecular flexibility index (Phi) is 4.46. The minimum absolute atomic E-state index is 0.106. The molecule has 21 heavy (non-hydrogen) atoms. The van der Waals surface area contributed by atoms with Crippen molar-refractivity contribution in [2.24, 2.45) is 0 Å². The summed E-state index contributed by atoms with van der Waals surface area (Å²) >= 11 is 0. The number of hydrogen-bond donors (Lipinski definition) is 1. The molecule has 2 heterocycles. The lowest BCUT2D eigenvalue weighted by molar-refractivity contribution is -0.0648. The first kappa shape index (κ1) is 15.7. The molecule has 1 N–H and O–H groups in total. The van der Waals surface area contributed by atoms with E-state index in [1.165, 1.54) is 0 Å². The van der Waals surface area contributed by atoms with Crippen molar-refractivity contribution in [3.8, 4) is 0 Å². The first-order valence-corrected chi connectivity index (χ1v) is 6.89. The van der Waals surface area contributed by atoms with Gasteiger partial charge in [-0.15, -0.1) is 0 Å². The van der Waals surface area contributed by atoms with Gasteiger partial charge in [0.1, 0.15) is 6.61 Å². The summed E-state index contributed by atoms with van der Waals surface area (Å²) in [7, 11) is 0. The van der Waals surface area contributed by atoms with Crippen molar-refractivity contribution in [3.05, 3.63) is 11.4 Å². The summed E-state index contributed by atoms with van der Waals surface area (Å²) < 4.78 is 33.5. The van der Waals surface area contributed by atoms with Gasteiger partial charge in [0.25, 0.3) is 5.92 Å². The monoisotopic (exact) mass is 302 g/mol. The first-order valence-electron chi connectivity index (χ1n) is 6.89. The lowest BCUT2D eigenvalue weighted by Crippen LogP contribution is -2.43. The third kappa shape index (κ3) is 3.49. The highest BCUT2D eigenvalue weighted by atomic mass is 19.3. The zero-order valence-corrected chi connectivity index (χ0v) is 12.4. The van der Waals surface area contributed by atoms with Crippen molar-refractivity contribution in [1.82, 2.24) is 14.7 Å². The quantitative estimate of drug-likeness (QED) is 0.909. The van der Waals surface area contributed by atoms with Gasteiger partial charge in [0.15, 0.2) is 0 Å². The van der Waals surface area contributed by atoms with Crippen LogP contribution in [0.3, 0.4) is 0 Å². The average molecular weight is 302 g/mol. The SMILES string of the molecule is CCn1nc(C)c(NC(=O)N2CCOCC(F)(F)C2)c1C. The number of carbonyl (C=O) groups excluding carboxylic acids is 1. The molecule has 0 atom stereocenters. The summed E-state index contributed by atoms with van der Waals surface area (Å²) in [5.74, 6) is -3.02. The lowest BCUT2D eigenvalue weighted by Gasteiger charge is -2.23. The maximum atomic E-state index is 13.5. The lowest BCUT2D eigenvalue weighted by atomic mass is 10.3.